The minimum absolute atomic E-state index is 0.117. The van der Waals surface area contributed by atoms with Crippen molar-refractivity contribution in [3.05, 3.63) is 11.7 Å². The number of carbonyl (C=O) groups excluding carboxylic acids is 1. The summed E-state index contributed by atoms with van der Waals surface area (Å²) in [5.74, 6) is 0.855. The Hall–Kier alpha value is -0.910. The molecule has 1 aromatic rings. The molecule has 6 heteroatoms. The van der Waals surface area contributed by atoms with Crippen LogP contribution in [0.4, 0.5) is 0 Å². The number of halogens is 1. The third-order valence-corrected chi connectivity index (χ3v) is 1.87. The van der Waals surface area contributed by atoms with Gasteiger partial charge >= 0.3 is 0 Å². The summed E-state index contributed by atoms with van der Waals surface area (Å²) in [6.45, 7) is 5.51. The molecule has 14 heavy (non-hydrogen) atoms. The van der Waals surface area contributed by atoms with Crippen LogP contribution in [0, 0.1) is 6.92 Å². The van der Waals surface area contributed by atoms with Crippen molar-refractivity contribution < 1.29 is 9.32 Å². The van der Waals surface area contributed by atoms with E-state index in [-0.39, 0.29) is 12.5 Å². The standard InChI is InChI=1S/C8H12BrN3O2/c1-5-11-6(14-12-5)4-10-7(13)8(2,3)9/h4H2,1-3H3,(H,10,13). The molecule has 0 atom stereocenters. The molecule has 78 valence electrons. The summed E-state index contributed by atoms with van der Waals surface area (Å²) >= 11 is 3.24. The molecule has 0 bridgehead atoms. The van der Waals surface area contributed by atoms with Crippen LogP contribution in [0.3, 0.4) is 0 Å². The maximum Gasteiger partial charge on any atom is 0.246 e. The van der Waals surface area contributed by atoms with Gasteiger partial charge < -0.3 is 9.84 Å². The molecule has 0 spiro atoms. The Morgan fingerprint density at radius 1 is 1.64 bits per heavy atom. The van der Waals surface area contributed by atoms with Crippen LogP contribution in [0.5, 0.6) is 0 Å². The van der Waals surface area contributed by atoms with Gasteiger partial charge in [-0.3, -0.25) is 4.79 Å². The number of rotatable bonds is 3. The lowest BCUT2D eigenvalue weighted by molar-refractivity contribution is -0.122. The van der Waals surface area contributed by atoms with Gasteiger partial charge in [0.2, 0.25) is 11.8 Å². The lowest BCUT2D eigenvalue weighted by Crippen LogP contribution is -2.37. The van der Waals surface area contributed by atoms with E-state index in [1.807, 2.05) is 0 Å². The fourth-order valence-electron chi connectivity index (χ4n) is 0.778. The number of alkyl halides is 1. The van der Waals surface area contributed by atoms with E-state index in [1.54, 1.807) is 20.8 Å². The molecule has 1 N–H and O–H groups in total. The highest BCUT2D eigenvalue weighted by atomic mass is 79.9. The van der Waals surface area contributed by atoms with Crippen molar-refractivity contribution in [1.82, 2.24) is 15.5 Å². The van der Waals surface area contributed by atoms with Crippen molar-refractivity contribution >= 4 is 21.8 Å². The lowest BCUT2D eigenvalue weighted by Gasteiger charge is -2.14. The molecular formula is C8H12BrN3O2. The number of nitrogens with zero attached hydrogens (tertiary/aromatic N) is 2. The SMILES string of the molecule is Cc1noc(CNC(=O)C(C)(C)Br)n1. The minimum atomic E-state index is -0.581. The summed E-state index contributed by atoms with van der Waals surface area (Å²) < 4.78 is 4.25. The zero-order valence-electron chi connectivity index (χ0n) is 8.30. The normalized spacial score (nSPS) is 11.4. The van der Waals surface area contributed by atoms with Crippen molar-refractivity contribution in [3.63, 3.8) is 0 Å². The highest BCUT2D eigenvalue weighted by molar-refractivity contribution is 9.10. The molecule has 1 heterocycles. The molecule has 0 radical (unpaired) electrons. The first-order chi connectivity index (χ1) is 6.39. The number of nitrogens with one attached hydrogen (secondary N) is 1. The van der Waals surface area contributed by atoms with Gasteiger partial charge in [-0.05, 0) is 20.8 Å². The molecule has 0 saturated carbocycles. The highest BCUT2D eigenvalue weighted by Crippen LogP contribution is 2.15. The smallest absolute Gasteiger partial charge is 0.246 e. The number of carbonyl (C=O) groups is 1. The van der Waals surface area contributed by atoms with E-state index in [2.05, 4.69) is 31.4 Å². The molecule has 5 nitrogen and oxygen atoms in total. The molecule has 0 saturated heterocycles. The van der Waals surface area contributed by atoms with Gasteiger partial charge in [-0.1, -0.05) is 21.1 Å². The Bertz CT molecular complexity index is 330. The van der Waals surface area contributed by atoms with Crippen molar-refractivity contribution in [2.45, 2.75) is 31.6 Å². The van der Waals surface area contributed by atoms with E-state index in [0.29, 0.717) is 11.7 Å². The van der Waals surface area contributed by atoms with Crippen LogP contribution in [0.15, 0.2) is 4.52 Å². The van der Waals surface area contributed by atoms with Crippen molar-refractivity contribution in [3.8, 4) is 0 Å². The predicted molar refractivity (Wildman–Crippen MR) is 53.9 cm³/mol. The Morgan fingerprint density at radius 2 is 2.29 bits per heavy atom. The minimum Gasteiger partial charge on any atom is -0.346 e. The molecule has 1 rings (SSSR count). The van der Waals surface area contributed by atoms with Gasteiger partial charge in [0.05, 0.1) is 10.9 Å². The first-order valence-corrected chi connectivity index (χ1v) is 4.95. The number of aryl methyl sites for hydroxylation is 1. The van der Waals surface area contributed by atoms with Gasteiger partial charge in [0, 0.05) is 0 Å². The van der Waals surface area contributed by atoms with E-state index in [0.717, 1.165) is 0 Å². The second kappa shape index (κ2) is 4.08. The number of amides is 1. The summed E-state index contributed by atoms with van der Waals surface area (Å²) in [6, 6.07) is 0. The summed E-state index contributed by atoms with van der Waals surface area (Å²) in [5.41, 5.74) is 0. The highest BCUT2D eigenvalue weighted by Gasteiger charge is 2.23. The largest absolute Gasteiger partial charge is 0.346 e. The summed E-state index contributed by atoms with van der Waals surface area (Å²) in [6.07, 6.45) is 0. The number of hydrogen-bond donors (Lipinski definition) is 1. The molecule has 0 unspecified atom stereocenters. The zero-order valence-corrected chi connectivity index (χ0v) is 9.88. The quantitative estimate of drug-likeness (QED) is 0.830. The summed E-state index contributed by atoms with van der Waals surface area (Å²) in [5, 5.41) is 6.28. The predicted octanol–water partition coefficient (Wildman–Crippen LogP) is 1.17. The van der Waals surface area contributed by atoms with Crippen molar-refractivity contribution in [1.29, 1.82) is 0 Å². The Balaban J connectivity index is 2.46. The molecule has 0 aromatic carbocycles. The lowest BCUT2D eigenvalue weighted by atomic mass is 10.2. The first kappa shape index (κ1) is 11.2. The Morgan fingerprint density at radius 3 is 2.71 bits per heavy atom. The second-order valence-electron chi connectivity index (χ2n) is 3.39. The third kappa shape index (κ3) is 3.10. The van der Waals surface area contributed by atoms with Crippen LogP contribution in [-0.2, 0) is 11.3 Å². The van der Waals surface area contributed by atoms with E-state index < -0.39 is 4.32 Å². The van der Waals surface area contributed by atoms with Gasteiger partial charge in [-0.2, -0.15) is 4.98 Å². The molecule has 0 aliphatic heterocycles. The van der Waals surface area contributed by atoms with E-state index in [1.165, 1.54) is 0 Å². The third-order valence-electron chi connectivity index (χ3n) is 1.51. The van der Waals surface area contributed by atoms with Gasteiger partial charge in [0.1, 0.15) is 0 Å². The molecule has 1 aromatic heterocycles. The van der Waals surface area contributed by atoms with Crippen LogP contribution in [0.25, 0.3) is 0 Å². The van der Waals surface area contributed by atoms with E-state index in [4.69, 9.17) is 4.52 Å². The van der Waals surface area contributed by atoms with E-state index in [9.17, 15) is 4.79 Å². The fourth-order valence-corrected chi connectivity index (χ4v) is 0.918. The van der Waals surface area contributed by atoms with Crippen LogP contribution >= 0.6 is 15.9 Å². The zero-order chi connectivity index (χ0) is 10.8. The molecule has 0 aliphatic rings. The molecule has 0 fully saturated rings. The summed E-state index contributed by atoms with van der Waals surface area (Å²) in [7, 11) is 0. The van der Waals surface area contributed by atoms with Gasteiger partial charge in [-0.25, -0.2) is 0 Å². The second-order valence-corrected chi connectivity index (χ2v) is 5.37. The Labute approximate surface area is 90.4 Å². The van der Waals surface area contributed by atoms with Gasteiger partial charge in [0.15, 0.2) is 5.82 Å². The molecule has 0 aliphatic carbocycles. The van der Waals surface area contributed by atoms with Gasteiger partial charge in [0.25, 0.3) is 0 Å². The first-order valence-electron chi connectivity index (χ1n) is 4.16. The van der Waals surface area contributed by atoms with Crippen molar-refractivity contribution in [2.24, 2.45) is 0 Å². The maximum atomic E-state index is 11.4. The van der Waals surface area contributed by atoms with Crippen molar-refractivity contribution in [2.75, 3.05) is 0 Å². The number of hydrogen-bond acceptors (Lipinski definition) is 4. The summed E-state index contributed by atoms with van der Waals surface area (Å²) in [4.78, 5) is 15.4. The van der Waals surface area contributed by atoms with Crippen LogP contribution < -0.4 is 5.32 Å². The average molecular weight is 262 g/mol. The fraction of sp³-hybridized carbons (Fsp3) is 0.625. The number of aromatic nitrogens is 2. The topological polar surface area (TPSA) is 68.0 Å². The monoisotopic (exact) mass is 261 g/mol. The van der Waals surface area contributed by atoms with Crippen LogP contribution in [-0.4, -0.2) is 20.4 Å². The average Bonchev–Trinajstić information content (AvgIpc) is 2.45. The van der Waals surface area contributed by atoms with Crippen LogP contribution in [0.1, 0.15) is 25.6 Å². The maximum absolute atomic E-state index is 11.4. The van der Waals surface area contributed by atoms with E-state index >= 15 is 0 Å². The Kier molecular flexibility index (Phi) is 3.25. The molecule has 1 amide bonds. The molecular weight excluding hydrogens is 250 g/mol. The van der Waals surface area contributed by atoms with Gasteiger partial charge in [-0.15, -0.1) is 0 Å². The van der Waals surface area contributed by atoms with Crippen LogP contribution in [0.2, 0.25) is 0 Å².